The van der Waals surface area contributed by atoms with Gasteiger partial charge in [-0.3, -0.25) is 0 Å². The second-order valence-corrected chi connectivity index (χ2v) is 4.76. The zero-order valence-corrected chi connectivity index (χ0v) is 12.1. The van der Waals surface area contributed by atoms with Crippen LogP contribution >= 0.6 is 11.6 Å². The molecule has 6 heteroatoms. The van der Waals surface area contributed by atoms with E-state index in [2.05, 4.69) is 10.1 Å². The number of methoxy groups -OCH3 is 1. The van der Waals surface area contributed by atoms with E-state index in [9.17, 15) is 9.18 Å². The molecule has 2 rings (SSSR count). The number of nitrogens with two attached hydrogens (primary N) is 1. The van der Waals surface area contributed by atoms with E-state index in [4.69, 9.17) is 17.3 Å². The monoisotopic (exact) mass is 308 g/mol. The van der Waals surface area contributed by atoms with Gasteiger partial charge in [0.25, 0.3) is 0 Å². The number of nitrogens with one attached hydrogen (secondary N) is 1. The van der Waals surface area contributed by atoms with Gasteiger partial charge in [-0.1, -0.05) is 29.8 Å². The van der Waals surface area contributed by atoms with Crippen LogP contribution in [0, 0.1) is 5.82 Å². The molecule has 0 saturated heterocycles. The molecule has 0 saturated carbocycles. The van der Waals surface area contributed by atoms with Crippen molar-refractivity contribution >= 4 is 28.9 Å². The lowest BCUT2D eigenvalue weighted by atomic mass is 10.1. The summed E-state index contributed by atoms with van der Waals surface area (Å²) in [6, 6.07) is 9.63. The highest BCUT2D eigenvalue weighted by Gasteiger charge is 2.14. The number of rotatable bonds is 4. The van der Waals surface area contributed by atoms with Crippen LogP contribution in [-0.2, 0) is 11.3 Å². The van der Waals surface area contributed by atoms with E-state index >= 15 is 0 Å². The highest BCUT2D eigenvalue weighted by Crippen LogP contribution is 2.24. The highest BCUT2D eigenvalue weighted by atomic mass is 35.5. The number of hydrogen-bond donors (Lipinski definition) is 2. The van der Waals surface area contributed by atoms with Crippen LogP contribution in [0.25, 0.3) is 0 Å². The summed E-state index contributed by atoms with van der Waals surface area (Å²) in [6.45, 7) is 0.321. The van der Waals surface area contributed by atoms with Gasteiger partial charge in [-0.05, 0) is 23.8 Å². The smallest absolute Gasteiger partial charge is 0.340 e. The lowest BCUT2D eigenvalue weighted by molar-refractivity contribution is 0.0602. The maximum atomic E-state index is 13.9. The maximum absolute atomic E-state index is 13.9. The molecule has 0 aromatic heterocycles. The first kappa shape index (κ1) is 15.1. The fourth-order valence-corrected chi connectivity index (χ4v) is 2.05. The van der Waals surface area contributed by atoms with E-state index < -0.39 is 11.8 Å². The van der Waals surface area contributed by atoms with Crippen molar-refractivity contribution in [3.05, 3.63) is 58.4 Å². The minimum atomic E-state index is -0.617. The normalized spacial score (nSPS) is 10.2. The van der Waals surface area contributed by atoms with Crippen molar-refractivity contribution in [1.82, 2.24) is 0 Å². The van der Waals surface area contributed by atoms with Gasteiger partial charge in [-0.15, -0.1) is 0 Å². The third kappa shape index (κ3) is 3.44. The number of esters is 1. The van der Waals surface area contributed by atoms with Crippen molar-refractivity contribution in [3.63, 3.8) is 0 Å². The zero-order valence-electron chi connectivity index (χ0n) is 11.3. The third-order valence-corrected chi connectivity index (χ3v) is 3.34. The topological polar surface area (TPSA) is 64.3 Å². The average molecular weight is 309 g/mol. The number of hydrogen-bond acceptors (Lipinski definition) is 4. The van der Waals surface area contributed by atoms with E-state index in [0.717, 1.165) is 11.6 Å². The van der Waals surface area contributed by atoms with E-state index in [1.54, 1.807) is 6.07 Å². The quantitative estimate of drug-likeness (QED) is 0.670. The summed E-state index contributed by atoms with van der Waals surface area (Å²) in [4.78, 5) is 11.6. The number of carbonyl (C=O) groups excluding carboxylic acids is 1. The lowest BCUT2D eigenvalue weighted by Gasteiger charge is -2.12. The largest absolute Gasteiger partial charge is 0.465 e. The van der Waals surface area contributed by atoms with Gasteiger partial charge >= 0.3 is 5.97 Å². The molecule has 2 aromatic carbocycles. The van der Waals surface area contributed by atoms with Crippen molar-refractivity contribution in [2.45, 2.75) is 6.54 Å². The van der Waals surface area contributed by atoms with Crippen molar-refractivity contribution in [1.29, 1.82) is 0 Å². The Labute approximate surface area is 126 Å². The summed E-state index contributed by atoms with van der Waals surface area (Å²) in [6.07, 6.45) is 0. The van der Waals surface area contributed by atoms with Crippen LogP contribution in [0.5, 0.6) is 0 Å². The minimum absolute atomic E-state index is 0.0302. The lowest BCUT2D eigenvalue weighted by Crippen LogP contribution is -2.09. The Kier molecular flexibility index (Phi) is 4.65. The number of halogens is 2. The van der Waals surface area contributed by atoms with Crippen LogP contribution in [0.3, 0.4) is 0 Å². The van der Waals surface area contributed by atoms with Crippen LogP contribution < -0.4 is 11.1 Å². The summed E-state index contributed by atoms with van der Waals surface area (Å²) in [5, 5.41) is 3.47. The Morgan fingerprint density at radius 2 is 2.10 bits per heavy atom. The molecule has 0 unspecified atom stereocenters. The Morgan fingerprint density at radius 1 is 1.38 bits per heavy atom. The molecule has 0 amide bonds. The van der Waals surface area contributed by atoms with E-state index in [-0.39, 0.29) is 16.9 Å². The van der Waals surface area contributed by atoms with Gasteiger partial charge in [0, 0.05) is 17.3 Å². The maximum Gasteiger partial charge on any atom is 0.340 e. The Hall–Kier alpha value is -2.27. The third-order valence-electron chi connectivity index (χ3n) is 2.97. The predicted octanol–water partition coefficient (Wildman–Crippen LogP) is 3.46. The molecule has 0 aliphatic heterocycles. The molecule has 0 radical (unpaired) electrons. The molecule has 3 N–H and O–H groups in total. The molecule has 0 heterocycles. The summed E-state index contributed by atoms with van der Waals surface area (Å²) >= 11 is 6.03. The number of benzene rings is 2. The second kappa shape index (κ2) is 6.45. The van der Waals surface area contributed by atoms with Gasteiger partial charge in [0.2, 0.25) is 0 Å². The standard InChI is InChI=1S/C15H14ClFN2O2/c1-21-15(20)10-6-14(12(17)7-13(10)18)19-8-9-4-2-3-5-11(9)16/h2-7,19H,8,18H2,1H3. The molecule has 0 aliphatic rings. The SMILES string of the molecule is COC(=O)c1cc(NCc2ccccc2Cl)c(F)cc1N. The van der Waals surface area contributed by atoms with Crippen LogP contribution in [0.1, 0.15) is 15.9 Å². The van der Waals surface area contributed by atoms with Crippen molar-refractivity contribution in [2.24, 2.45) is 0 Å². The molecular weight excluding hydrogens is 295 g/mol. The first-order valence-electron chi connectivity index (χ1n) is 6.17. The average Bonchev–Trinajstić information content (AvgIpc) is 2.47. The van der Waals surface area contributed by atoms with Crippen LogP contribution in [-0.4, -0.2) is 13.1 Å². The van der Waals surface area contributed by atoms with Crippen molar-refractivity contribution in [3.8, 4) is 0 Å². The van der Waals surface area contributed by atoms with Gasteiger partial charge in [0.1, 0.15) is 5.82 Å². The molecule has 110 valence electrons. The van der Waals surface area contributed by atoms with Crippen LogP contribution in [0.4, 0.5) is 15.8 Å². The fourth-order valence-electron chi connectivity index (χ4n) is 1.84. The number of anilines is 2. The number of carbonyl (C=O) groups is 1. The molecule has 21 heavy (non-hydrogen) atoms. The highest BCUT2D eigenvalue weighted by molar-refractivity contribution is 6.31. The van der Waals surface area contributed by atoms with Crippen molar-refractivity contribution < 1.29 is 13.9 Å². The molecule has 0 spiro atoms. The van der Waals surface area contributed by atoms with E-state index in [1.807, 2.05) is 18.2 Å². The predicted molar refractivity (Wildman–Crippen MR) is 80.9 cm³/mol. The Morgan fingerprint density at radius 3 is 2.76 bits per heavy atom. The van der Waals surface area contributed by atoms with Gasteiger partial charge in [-0.25, -0.2) is 9.18 Å². The number of ether oxygens (including phenoxy) is 1. The van der Waals surface area contributed by atoms with Crippen molar-refractivity contribution in [2.75, 3.05) is 18.2 Å². The zero-order chi connectivity index (χ0) is 15.4. The summed E-state index contributed by atoms with van der Waals surface area (Å²) < 4.78 is 18.5. The molecule has 0 aliphatic carbocycles. The fraction of sp³-hybridized carbons (Fsp3) is 0.133. The van der Waals surface area contributed by atoms with Gasteiger partial charge in [-0.2, -0.15) is 0 Å². The summed E-state index contributed by atoms with van der Waals surface area (Å²) in [5.41, 5.74) is 6.72. The molecule has 2 aromatic rings. The van der Waals surface area contributed by atoms with Gasteiger partial charge in [0.15, 0.2) is 0 Å². The summed E-state index contributed by atoms with van der Waals surface area (Å²) in [5.74, 6) is -1.17. The molecule has 0 atom stereocenters. The molecule has 0 bridgehead atoms. The van der Waals surface area contributed by atoms with Gasteiger partial charge < -0.3 is 15.8 Å². The molecular formula is C15H14ClFN2O2. The minimum Gasteiger partial charge on any atom is -0.465 e. The second-order valence-electron chi connectivity index (χ2n) is 4.36. The Balaban J connectivity index is 2.24. The van der Waals surface area contributed by atoms with E-state index in [1.165, 1.54) is 13.2 Å². The Bertz CT molecular complexity index is 677. The summed E-state index contributed by atoms with van der Waals surface area (Å²) in [7, 11) is 1.24. The number of nitrogen functional groups attached to an aromatic ring is 1. The van der Waals surface area contributed by atoms with E-state index in [0.29, 0.717) is 11.6 Å². The molecule has 4 nitrogen and oxygen atoms in total. The van der Waals surface area contributed by atoms with Crippen LogP contribution in [0.15, 0.2) is 36.4 Å². The van der Waals surface area contributed by atoms with Gasteiger partial charge in [0.05, 0.1) is 18.4 Å². The van der Waals surface area contributed by atoms with Crippen LogP contribution in [0.2, 0.25) is 5.02 Å². The first-order chi connectivity index (χ1) is 10.0. The molecule has 0 fully saturated rings. The first-order valence-corrected chi connectivity index (χ1v) is 6.55.